The number of alkyl halides is 3. The number of halogens is 3. The number of benzene rings is 2. The Bertz CT molecular complexity index is 975. The average Bonchev–Trinajstić information content (AvgIpc) is 2.68. The minimum Gasteiger partial charge on any atom is -0.296 e. The van der Waals surface area contributed by atoms with E-state index in [1.807, 2.05) is 11.0 Å². The van der Waals surface area contributed by atoms with Crippen molar-refractivity contribution in [1.29, 1.82) is 5.26 Å². The third-order valence-electron chi connectivity index (χ3n) is 4.64. The van der Waals surface area contributed by atoms with E-state index in [9.17, 15) is 21.6 Å². The summed E-state index contributed by atoms with van der Waals surface area (Å²) in [6.07, 6.45) is -4.36. The van der Waals surface area contributed by atoms with Crippen molar-refractivity contribution in [3.63, 3.8) is 0 Å². The Morgan fingerprint density at radius 3 is 2.14 bits per heavy atom. The van der Waals surface area contributed by atoms with Gasteiger partial charge in [-0.3, -0.25) is 4.90 Å². The summed E-state index contributed by atoms with van der Waals surface area (Å²) >= 11 is 0. The van der Waals surface area contributed by atoms with Crippen molar-refractivity contribution in [2.45, 2.75) is 17.6 Å². The Hall–Kier alpha value is -2.41. The number of piperazine rings is 1. The number of rotatable bonds is 4. The van der Waals surface area contributed by atoms with Gasteiger partial charge < -0.3 is 0 Å². The summed E-state index contributed by atoms with van der Waals surface area (Å²) in [6.45, 7) is 1.86. The molecule has 148 valence electrons. The number of nitriles is 1. The Morgan fingerprint density at radius 1 is 0.964 bits per heavy atom. The molecule has 0 atom stereocenters. The molecule has 28 heavy (non-hydrogen) atoms. The molecule has 0 spiro atoms. The first-order valence-electron chi connectivity index (χ1n) is 8.59. The van der Waals surface area contributed by atoms with Crippen LogP contribution in [0.3, 0.4) is 0 Å². The van der Waals surface area contributed by atoms with E-state index in [1.165, 1.54) is 28.6 Å². The van der Waals surface area contributed by atoms with Gasteiger partial charge in [0.25, 0.3) is 0 Å². The van der Waals surface area contributed by atoms with E-state index >= 15 is 0 Å². The van der Waals surface area contributed by atoms with Crippen molar-refractivity contribution in [1.82, 2.24) is 9.21 Å². The lowest BCUT2D eigenvalue weighted by Crippen LogP contribution is -2.48. The second-order valence-electron chi connectivity index (χ2n) is 6.48. The maximum Gasteiger partial charge on any atom is 0.416 e. The molecule has 3 rings (SSSR count). The zero-order chi connectivity index (χ0) is 20.4. The van der Waals surface area contributed by atoms with E-state index in [-0.39, 0.29) is 23.5 Å². The highest BCUT2D eigenvalue weighted by Crippen LogP contribution is 2.29. The van der Waals surface area contributed by atoms with Crippen LogP contribution in [0, 0.1) is 11.3 Å². The number of hydrogen-bond donors (Lipinski definition) is 0. The van der Waals surface area contributed by atoms with Gasteiger partial charge in [-0.15, -0.1) is 0 Å². The Labute approximate surface area is 161 Å². The molecular formula is C19H18F3N3O2S. The molecular weight excluding hydrogens is 391 g/mol. The Kier molecular flexibility index (Phi) is 5.74. The average molecular weight is 409 g/mol. The third-order valence-corrected chi connectivity index (χ3v) is 6.60. The molecule has 0 radical (unpaired) electrons. The summed E-state index contributed by atoms with van der Waals surface area (Å²) in [6, 6.07) is 13.0. The maximum atomic E-state index is 12.8. The van der Waals surface area contributed by atoms with Crippen LogP contribution in [0.15, 0.2) is 53.4 Å². The van der Waals surface area contributed by atoms with Gasteiger partial charge in [0.1, 0.15) is 6.07 Å². The molecule has 1 saturated heterocycles. The lowest BCUT2D eigenvalue weighted by atomic mass is 10.1. The van der Waals surface area contributed by atoms with Crippen LogP contribution >= 0.6 is 0 Å². The van der Waals surface area contributed by atoms with E-state index < -0.39 is 21.8 Å². The van der Waals surface area contributed by atoms with Gasteiger partial charge in [-0.25, -0.2) is 8.42 Å². The molecule has 1 aliphatic heterocycles. The van der Waals surface area contributed by atoms with Crippen molar-refractivity contribution in [3.8, 4) is 6.07 Å². The summed E-state index contributed by atoms with van der Waals surface area (Å²) in [4.78, 5) is 1.99. The van der Waals surface area contributed by atoms with Crippen LogP contribution in [-0.2, 0) is 22.7 Å². The number of hydrogen-bond acceptors (Lipinski definition) is 4. The topological polar surface area (TPSA) is 64.4 Å². The van der Waals surface area contributed by atoms with Crippen LogP contribution in [-0.4, -0.2) is 43.8 Å². The smallest absolute Gasteiger partial charge is 0.296 e. The maximum absolute atomic E-state index is 12.8. The van der Waals surface area contributed by atoms with Gasteiger partial charge >= 0.3 is 6.18 Å². The zero-order valence-corrected chi connectivity index (χ0v) is 15.7. The number of nitrogens with zero attached hydrogens (tertiary/aromatic N) is 3. The Morgan fingerprint density at radius 2 is 1.57 bits per heavy atom. The molecule has 1 heterocycles. The lowest BCUT2D eigenvalue weighted by molar-refractivity contribution is -0.137. The monoisotopic (exact) mass is 409 g/mol. The van der Waals surface area contributed by atoms with Crippen molar-refractivity contribution in [2.75, 3.05) is 26.2 Å². The summed E-state index contributed by atoms with van der Waals surface area (Å²) in [5.74, 6) is 0. The second kappa shape index (κ2) is 7.91. The molecule has 2 aromatic carbocycles. The third kappa shape index (κ3) is 4.35. The standard InChI is InChI=1S/C19H18F3N3O2S/c20-19(21,22)17-7-5-15(6-8-17)14-24-9-11-25(12-10-24)28(26,27)18-4-2-1-3-16(18)13-23/h1-8H,9-12,14H2. The van der Waals surface area contributed by atoms with Crippen molar-refractivity contribution < 1.29 is 21.6 Å². The minimum absolute atomic E-state index is 0.00584. The molecule has 0 amide bonds. The predicted octanol–water partition coefficient (Wildman–Crippen LogP) is 3.08. The largest absolute Gasteiger partial charge is 0.416 e. The molecule has 2 aromatic rings. The fraction of sp³-hybridized carbons (Fsp3) is 0.316. The van der Waals surface area contributed by atoms with E-state index in [0.717, 1.165) is 17.7 Å². The van der Waals surface area contributed by atoms with Crippen molar-refractivity contribution >= 4 is 10.0 Å². The first-order chi connectivity index (χ1) is 13.2. The summed E-state index contributed by atoms with van der Waals surface area (Å²) in [7, 11) is -3.76. The number of sulfonamides is 1. The van der Waals surface area contributed by atoms with Gasteiger partial charge in [0.15, 0.2) is 0 Å². The van der Waals surface area contributed by atoms with E-state index in [2.05, 4.69) is 0 Å². The van der Waals surface area contributed by atoms with Crippen molar-refractivity contribution in [2.24, 2.45) is 0 Å². The summed E-state index contributed by atoms with van der Waals surface area (Å²) < 4.78 is 64.9. The summed E-state index contributed by atoms with van der Waals surface area (Å²) in [5, 5.41) is 9.14. The minimum atomic E-state index is -4.36. The molecule has 5 nitrogen and oxygen atoms in total. The van der Waals surface area contributed by atoms with Gasteiger partial charge in [-0.2, -0.15) is 22.7 Å². The van der Waals surface area contributed by atoms with Crippen LogP contribution in [0.4, 0.5) is 13.2 Å². The Balaban J connectivity index is 1.64. The van der Waals surface area contributed by atoms with Gasteiger partial charge in [-0.1, -0.05) is 24.3 Å². The molecule has 0 bridgehead atoms. The highest BCUT2D eigenvalue weighted by Gasteiger charge is 2.31. The molecule has 0 unspecified atom stereocenters. The summed E-state index contributed by atoms with van der Waals surface area (Å²) in [5.41, 5.74) is 0.150. The molecule has 0 aliphatic carbocycles. The van der Waals surface area contributed by atoms with Gasteiger partial charge in [0, 0.05) is 32.7 Å². The predicted molar refractivity (Wildman–Crippen MR) is 96.6 cm³/mol. The second-order valence-corrected chi connectivity index (χ2v) is 8.39. The molecule has 9 heteroatoms. The van der Waals surface area contributed by atoms with E-state index in [4.69, 9.17) is 5.26 Å². The van der Waals surface area contributed by atoms with Crippen LogP contribution in [0.2, 0.25) is 0 Å². The lowest BCUT2D eigenvalue weighted by Gasteiger charge is -2.34. The zero-order valence-electron chi connectivity index (χ0n) is 14.9. The first kappa shape index (κ1) is 20.3. The van der Waals surface area contributed by atoms with E-state index in [1.54, 1.807) is 12.1 Å². The van der Waals surface area contributed by atoms with Gasteiger partial charge in [-0.05, 0) is 29.8 Å². The van der Waals surface area contributed by atoms with Crippen LogP contribution < -0.4 is 0 Å². The van der Waals surface area contributed by atoms with Crippen molar-refractivity contribution in [3.05, 3.63) is 65.2 Å². The van der Waals surface area contributed by atoms with Gasteiger partial charge in [0.2, 0.25) is 10.0 Å². The fourth-order valence-corrected chi connectivity index (χ4v) is 4.67. The molecule has 1 fully saturated rings. The fourth-order valence-electron chi connectivity index (χ4n) is 3.11. The van der Waals surface area contributed by atoms with Crippen LogP contribution in [0.1, 0.15) is 16.7 Å². The van der Waals surface area contributed by atoms with E-state index in [0.29, 0.717) is 19.6 Å². The normalized spacial score (nSPS) is 16.6. The molecule has 0 N–H and O–H groups in total. The highest BCUT2D eigenvalue weighted by molar-refractivity contribution is 7.89. The highest BCUT2D eigenvalue weighted by atomic mass is 32.2. The molecule has 0 saturated carbocycles. The first-order valence-corrected chi connectivity index (χ1v) is 10.0. The van der Waals surface area contributed by atoms with Crippen LogP contribution in [0.5, 0.6) is 0 Å². The molecule has 1 aliphatic rings. The van der Waals surface area contributed by atoms with Gasteiger partial charge in [0.05, 0.1) is 16.0 Å². The van der Waals surface area contributed by atoms with Crippen LogP contribution in [0.25, 0.3) is 0 Å². The molecule has 0 aromatic heterocycles. The quantitative estimate of drug-likeness (QED) is 0.779. The SMILES string of the molecule is N#Cc1ccccc1S(=O)(=O)N1CCN(Cc2ccc(C(F)(F)F)cc2)CC1.